The minimum atomic E-state index is -0.00778. The van der Waals surface area contributed by atoms with Gasteiger partial charge in [-0.1, -0.05) is 0 Å². The Labute approximate surface area is 91.4 Å². The SMILES string of the molecule is OC1C(CN2CCOCC2)[C@@H]2CC[C@H]1C2. The summed E-state index contributed by atoms with van der Waals surface area (Å²) in [6.45, 7) is 4.96. The van der Waals surface area contributed by atoms with Gasteiger partial charge in [0.2, 0.25) is 0 Å². The molecule has 1 heterocycles. The van der Waals surface area contributed by atoms with Crippen LogP contribution in [0.2, 0.25) is 0 Å². The van der Waals surface area contributed by atoms with Crippen LogP contribution in [0, 0.1) is 17.8 Å². The lowest BCUT2D eigenvalue weighted by molar-refractivity contribution is -0.00240. The highest BCUT2D eigenvalue weighted by atomic mass is 16.5. The van der Waals surface area contributed by atoms with E-state index in [9.17, 15) is 5.11 Å². The molecule has 3 nitrogen and oxygen atoms in total. The molecule has 3 heteroatoms. The standard InChI is InChI=1S/C12H21NO2/c14-12-10-2-1-9(7-10)11(12)8-13-3-5-15-6-4-13/h9-12,14H,1-8H2/t9-,10+,11?,12?/m1/s1. The Balaban J connectivity index is 1.58. The van der Waals surface area contributed by atoms with Gasteiger partial charge in [-0.3, -0.25) is 4.90 Å². The third kappa shape index (κ3) is 1.81. The Kier molecular flexibility index (Phi) is 2.71. The molecule has 0 radical (unpaired) electrons. The van der Waals surface area contributed by atoms with E-state index in [0.717, 1.165) is 38.8 Å². The lowest BCUT2D eigenvalue weighted by atomic mass is 9.86. The van der Waals surface area contributed by atoms with Crippen molar-refractivity contribution < 1.29 is 9.84 Å². The van der Waals surface area contributed by atoms with Crippen LogP contribution in [0.1, 0.15) is 19.3 Å². The number of nitrogens with zero attached hydrogens (tertiary/aromatic N) is 1. The average molecular weight is 211 g/mol. The van der Waals surface area contributed by atoms with Crippen molar-refractivity contribution in [2.75, 3.05) is 32.8 Å². The normalized spacial score (nSPS) is 46.2. The lowest BCUT2D eigenvalue weighted by Crippen LogP contribution is -2.43. The van der Waals surface area contributed by atoms with Crippen LogP contribution in [0.15, 0.2) is 0 Å². The number of fused-ring (bicyclic) bond motifs is 2. The van der Waals surface area contributed by atoms with Crippen molar-refractivity contribution in [1.29, 1.82) is 0 Å². The third-order valence-electron chi connectivity index (χ3n) is 4.61. The van der Waals surface area contributed by atoms with Crippen LogP contribution in [0.3, 0.4) is 0 Å². The first-order valence-corrected chi connectivity index (χ1v) is 6.33. The van der Waals surface area contributed by atoms with Crippen LogP contribution in [0.5, 0.6) is 0 Å². The second-order valence-electron chi connectivity index (χ2n) is 5.40. The second-order valence-corrected chi connectivity index (χ2v) is 5.40. The fourth-order valence-electron chi connectivity index (χ4n) is 3.72. The average Bonchev–Trinajstić information content (AvgIpc) is 2.84. The number of hydrogen-bond acceptors (Lipinski definition) is 3. The molecule has 4 atom stereocenters. The molecule has 86 valence electrons. The monoisotopic (exact) mass is 211 g/mol. The Bertz CT molecular complexity index is 226. The molecule has 0 aromatic heterocycles. The van der Waals surface area contributed by atoms with Gasteiger partial charge in [0.15, 0.2) is 0 Å². The maximum absolute atomic E-state index is 10.2. The molecule has 0 aromatic rings. The van der Waals surface area contributed by atoms with E-state index < -0.39 is 0 Å². The predicted octanol–water partition coefficient (Wildman–Crippen LogP) is 0.726. The van der Waals surface area contributed by atoms with Crippen molar-refractivity contribution in [3.8, 4) is 0 Å². The van der Waals surface area contributed by atoms with Crippen molar-refractivity contribution in [3.05, 3.63) is 0 Å². The van der Waals surface area contributed by atoms with E-state index in [-0.39, 0.29) is 6.10 Å². The fourth-order valence-corrected chi connectivity index (χ4v) is 3.72. The van der Waals surface area contributed by atoms with Crippen LogP contribution in [0.4, 0.5) is 0 Å². The maximum atomic E-state index is 10.2. The largest absolute Gasteiger partial charge is 0.392 e. The molecule has 15 heavy (non-hydrogen) atoms. The van der Waals surface area contributed by atoms with Crippen LogP contribution < -0.4 is 0 Å². The molecule has 3 aliphatic rings. The van der Waals surface area contributed by atoms with E-state index in [1.807, 2.05) is 0 Å². The Hall–Kier alpha value is -0.120. The fraction of sp³-hybridized carbons (Fsp3) is 1.00. The van der Waals surface area contributed by atoms with E-state index in [0.29, 0.717) is 11.8 Å². The van der Waals surface area contributed by atoms with Crippen molar-refractivity contribution >= 4 is 0 Å². The number of hydrogen-bond donors (Lipinski definition) is 1. The van der Waals surface area contributed by atoms with Crippen molar-refractivity contribution in [2.24, 2.45) is 17.8 Å². The van der Waals surface area contributed by atoms with Gasteiger partial charge in [-0.2, -0.15) is 0 Å². The minimum Gasteiger partial charge on any atom is -0.392 e. The summed E-state index contributed by atoms with van der Waals surface area (Å²) in [5.41, 5.74) is 0. The summed E-state index contributed by atoms with van der Waals surface area (Å²) in [7, 11) is 0. The van der Waals surface area contributed by atoms with Crippen molar-refractivity contribution in [2.45, 2.75) is 25.4 Å². The first-order valence-electron chi connectivity index (χ1n) is 6.33. The van der Waals surface area contributed by atoms with E-state index >= 15 is 0 Å². The van der Waals surface area contributed by atoms with Gasteiger partial charge < -0.3 is 9.84 Å². The van der Waals surface area contributed by atoms with Gasteiger partial charge in [0.25, 0.3) is 0 Å². The number of aliphatic hydroxyl groups excluding tert-OH is 1. The molecule has 2 saturated carbocycles. The summed E-state index contributed by atoms with van der Waals surface area (Å²) in [6, 6.07) is 0. The quantitative estimate of drug-likeness (QED) is 0.731. The van der Waals surface area contributed by atoms with Crippen LogP contribution >= 0.6 is 0 Å². The highest BCUT2D eigenvalue weighted by molar-refractivity contribution is 4.97. The van der Waals surface area contributed by atoms with E-state index in [4.69, 9.17) is 4.74 Å². The highest BCUT2D eigenvalue weighted by Crippen LogP contribution is 2.48. The van der Waals surface area contributed by atoms with Gasteiger partial charge in [-0.05, 0) is 31.1 Å². The summed E-state index contributed by atoms with van der Waals surface area (Å²) in [4.78, 5) is 2.47. The van der Waals surface area contributed by atoms with E-state index in [2.05, 4.69) is 4.90 Å². The number of rotatable bonds is 2. The van der Waals surface area contributed by atoms with Crippen molar-refractivity contribution in [1.82, 2.24) is 4.90 Å². The Morgan fingerprint density at radius 2 is 1.87 bits per heavy atom. The molecular formula is C12H21NO2. The molecule has 0 amide bonds. The zero-order valence-electron chi connectivity index (χ0n) is 9.27. The van der Waals surface area contributed by atoms with Crippen LogP contribution in [-0.4, -0.2) is 49.0 Å². The van der Waals surface area contributed by atoms with Gasteiger partial charge in [0.05, 0.1) is 19.3 Å². The molecule has 2 aliphatic carbocycles. The first-order chi connectivity index (χ1) is 7.34. The van der Waals surface area contributed by atoms with Gasteiger partial charge >= 0.3 is 0 Å². The second kappa shape index (κ2) is 4.04. The van der Waals surface area contributed by atoms with E-state index in [1.54, 1.807) is 0 Å². The predicted molar refractivity (Wildman–Crippen MR) is 57.6 cm³/mol. The Morgan fingerprint density at radius 1 is 1.13 bits per heavy atom. The maximum Gasteiger partial charge on any atom is 0.0611 e. The summed E-state index contributed by atoms with van der Waals surface area (Å²) in [5.74, 6) is 2.00. The van der Waals surface area contributed by atoms with Gasteiger partial charge in [0, 0.05) is 25.6 Å². The molecule has 2 unspecified atom stereocenters. The lowest BCUT2D eigenvalue weighted by Gasteiger charge is -2.34. The molecule has 1 aliphatic heterocycles. The topological polar surface area (TPSA) is 32.7 Å². The smallest absolute Gasteiger partial charge is 0.0611 e. The summed E-state index contributed by atoms with van der Waals surface area (Å²) >= 11 is 0. The van der Waals surface area contributed by atoms with Gasteiger partial charge in [0.1, 0.15) is 0 Å². The highest BCUT2D eigenvalue weighted by Gasteiger charge is 2.46. The van der Waals surface area contributed by atoms with Gasteiger partial charge in [-0.25, -0.2) is 0 Å². The summed E-state index contributed by atoms with van der Waals surface area (Å²) in [6.07, 6.45) is 3.91. The molecule has 1 N–H and O–H groups in total. The molecule has 3 rings (SSSR count). The number of morpholine rings is 1. The molecule has 0 aromatic carbocycles. The molecule has 0 spiro atoms. The van der Waals surface area contributed by atoms with E-state index in [1.165, 1.54) is 19.3 Å². The number of aliphatic hydroxyl groups is 1. The zero-order valence-corrected chi connectivity index (χ0v) is 9.27. The Morgan fingerprint density at radius 3 is 2.53 bits per heavy atom. The molecule has 1 saturated heterocycles. The molecular weight excluding hydrogens is 190 g/mol. The van der Waals surface area contributed by atoms with Gasteiger partial charge in [-0.15, -0.1) is 0 Å². The molecule has 2 bridgehead atoms. The van der Waals surface area contributed by atoms with Crippen molar-refractivity contribution in [3.63, 3.8) is 0 Å². The first kappa shape index (κ1) is 10.1. The summed E-state index contributed by atoms with van der Waals surface area (Å²) < 4.78 is 5.35. The zero-order chi connectivity index (χ0) is 10.3. The summed E-state index contributed by atoms with van der Waals surface area (Å²) in [5, 5.41) is 10.2. The third-order valence-corrected chi connectivity index (χ3v) is 4.61. The molecule has 3 fully saturated rings. The van der Waals surface area contributed by atoms with Crippen LogP contribution in [0.25, 0.3) is 0 Å². The van der Waals surface area contributed by atoms with Crippen LogP contribution in [-0.2, 0) is 4.74 Å². The number of ether oxygens (including phenoxy) is 1. The minimum absolute atomic E-state index is 0.00778.